The van der Waals surface area contributed by atoms with Crippen molar-refractivity contribution < 1.29 is 23.9 Å². The number of rotatable bonds is 19. The van der Waals surface area contributed by atoms with Crippen LogP contribution in [0.1, 0.15) is 93.7 Å². The van der Waals surface area contributed by atoms with E-state index in [2.05, 4.69) is 20.9 Å². The van der Waals surface area contributed by atoms with Crippen molar-refractivity contribution in [3.8, 4) is 11.5 Å². The number of guanidine groups is 1. The molecule has 0 spiro atoms. The zero-order valence-electron chi connectivity index (χ0n) is 31.5. The van der Waals surface area contributed by atoms with E-state index < -0.39 is 12.1 Å². The second-order valence-corrected chi connectivity index (χ2v) is 14.4. The maximum atomic E-state index is 14.4. The number of nitrogens with two attached hydrogens (primary N) is 3. The molecule has 3 amide bonds. The van der Waals surface area contributed by atoms with E-state index in [1.165, 1.54) is 0 Å². The summed E-state index contributed by atoms with van der Waals surface area (Å²) in [5.74, 6) is 0.260. The van der Waals surface area contributed by atoms with Gasteiger partial charge in [0.05, 0.1) is 14.2 Å². The Morgan fingerprint density at radius 1 is 0.792 bits per heavy atom. The molecule has 2 aromatic carbocycles. The van der Waals surface area contributed by atoms with E-state index in [1.807, 2.05) is 42.5 Å². The van der Waals surface area contributed by atoms with Gasteiger partial charge in [0.25, 0.3) is 0 Å². The van der Waals surface area contributed by atoms with Gasteiger partial charge in [-0.25, -0.2) is 0 Å². The maximum Gasteiger partial charge on any atom is 0.243 e. The SMILES string of the molecule is COc1ccc(CCNC(=O)[C@H](CCCN=C(N)N)NC(=O)C(NC(=O)C(Cc2ccc(C(=N)N)cc2)C2CCCCC2)C2CCCCC2)cc1OC. The van der Waals surface area contributed by atoms with E-state index in [0.717, 1.165) is 75.3 Å². The van der Waals surface area contributed by atoms with E-state index >= 15 is 0 Å². The first-order valence-electron chi connectivity index (χ1n) is 19.2. The molecule has 4 rings (SSSR count). The fourth-order valence-corrected chi connectivity index (χ4v) is 7.73. The Bertz CT molecular complexity index is 1530. The minimum absolute atomic E-state index is 0.000546. The number of carbonyl (C=O) groups excluding carboxylic acids is 3. The molecule has 0 radical (unpaired) electrons. The second-order valence-electron chi connectivity index (χ2n) is 14.4. The van der Waals surface area contributed by atoms with Crippen molar-refractivity contribution in [2.24, 2.45) is 39.9 Å². The van der Waals surface area contributed by atoms with Gasteiger partial charge in [0.2, 0.25) is 17.7 Å². The lowest BCUT2D eigenvalue weighted by Crippen LogP contribution is -2.57. The van der Waals surface area contributed by atoms with E-state index in [9.17, 15) is 14.4 Å². The van der Waals surface area contributed by atoms with Crippen molar-refractivity contribution >= 4 is 29.5 Å². The van der Waals surface area contributed by atoms with Crippen molar-refractivity contribution in [3.63, 3.8) is 0 Å². The molecular formula is C40H60N8O5. The van der Waals surface area contributed by atoms with Gasteiger partial charge < -0.3 is 42.6 Å². The number of benzene rings is 2. The number of hydrogen-bond donors (Lipinski definition) is 7. The maximum absolute atomic E-state index is 14.4. The summed E-state index contributed by atoms with van der Waals surface area (Å²) in [4.78, 5) is 46.4. The fraction of sp³-hybridized carbons (Fsp3) is 0.575. The van der Waals surface area contributed by atoms with Gasteiger partial charge in [-0.2, -0.15) is 0 Å². The summed E-state index contributed by atoms with van der Waals surface area (Å²) >= 11 is 0. The smallest absolute Gasteiger partial charge is 0.243 e. The van der Waals surface area contributed by atoms with Crippen LogP contribution in [0.3, 0.4) is 0 Å². The summed E-state index contributed by atoms with van der Waals surface area (Å²) in [6.45, 7) is 0.653. The van der Waals surface area contributed by atoms with E-state index in [0.29, 0.717) is 55.8 Å². The molecule has 2 fully saturated rings. The van der Waals surface area contributed by atoms with E-state index in [-0.39, 0.29) is 47.3 Å². The summed E-state index contributed by atoms with van der Waals surface area (Å²) in [5, 5.41) is 17.0. The molecule has 53 heavy (non-hydrogen) atoms. The standard InChI is InChI=1S/C40H60N8O5/c1-52-33-20-17-27(25-34(33)53-2)21-23-45-38(50)32(14-9-22-46-40(43)44)47-39(51)35(29-12-7-4-8-13-29)48-37(49)31(28-10-5-3-6-11-28)24-26-15-18-30(19-16-26)36(41)42/h15-20,25,28-29,31-32,35H,3-14,21-24H2,1-2H3,(H3,41,42)(H,45,50)(H,47,51)(H,48,49)(H4,43,44,46)/t31?,32-,35?/m0/s1. The highest BCUT2D eigenvalue weighted by Gasteiger charge is 2.37. The van der Waals surface area contributed by atoms with Crippen molar-refractivity contribution in [1.82, 2.24) is 16.0 Å². The lowest BCUT2D eigenvalue weighted by Gasteiger charge is -2.34. The number of ether oxygens (including phenoxy) is 2. The minimum atomic E-state index is -0.848. The Morgan fingerprint density at radius 2 is 1.42 bits per heavy atom. The number of hydrogen-bond acceptors (Lipinski definition) is 7. The lowest BCUT2D eigenvalue weighted by molar-refractivity contribution is -0.135. The summed E-state index contributed by atoms with van der Waals surface area (Å²) in [7, 11) is 3.16. The predicted octanol–water partition coefficient (Wildman–Crippen LogP) is 3.69. The largest absolute Gasteiger partial charge is 0.493 e. The molecule has 0 bridgehead atoms. The van der Waals surface area contributed by atoms with Crippen LogP contribution in [0, 0.1) is 23.2 Å². The van der Waals surface area contributed by atoms with Crippen molar-refractivity contribution in [2.45, 2.75) is 102 Å². The Labute approximate surface area is 314 Å². The van der Waals surface area contributed by atoms with Crippen LogP contribution in [0.15, 0.2) is 47.5 Å². The quantitative estimate of drug-likeness (QED) is 0.0640. The monoisotopic (exact) mass is 732 g/mol. The van der Waals surface area contributed by atoms with Gasteiger partial charge >= 0.3 is 0 Å². The van der Waals surface area contributed by atoms with E-state index in [4.69, 9.17) is 32.1 Å². The number of nitrogens with zero attached hydrogens (tertiary/aromatic N) is 1. The Hall–Kier alpha value is -4.81. The number of carbonyl (C=O) groups is 3. The van der Waals surface area contributed by atoms with Crippen LogP contribution in [0.25, 0.3) is 0 Å². The van der Waals surface area contributed by atoms with Gasteiger partial charge in [-0.1, -0.05) is 68.9 Å². The normalized spacial score (nSPS) is 16.7. The highest BCUT2D eigenvalue weighted by Crippen LogP contribution is 2.34. The molecule has 3 atom stereocenters. The Kier molecular flexibility index (Phi) is 16.3. The molecule has 2 saturated carbocycles. The first-order chi connectivity index (χ1) is 25.6. The second kappa shape index (κ2) is 21.0. The average Bonchev–Trinajstić information content (AvgIpc) is 3.17. The molecule has 2 unspecified atom stereocenters. The highest BCUT2D eigenvalue weighted by molar-refractivity contribution is 5.95. The molecule has 13 heteroatoms. The fourth-order valence-electron chi connectivity index (χ4n) is 7.73. The molecule has 290 valence electrons. The van der Waals surface area contributed by atoms with Gasteiger partial charge in [-0.05, 0) is 86.5 Å². The zero-order valence-corrected chi connectivity index (χ0v) is 31.5. The number of nitrogens with one attached hydrogen (secondary N) is 4. The molecular weight excluding hydrogens is 672 g/mol. The van der Waals surface area contributed by atoms with Crippen LogP contribution in [0.4, 0.5) is 0 Å². The summed E-state index contributed by atoms with van der Waals surface area (Å²) in [6, 6.07) is 11.5. The van der Waals surface area contributed by atoms with Crippen LogP contribution >= 0.6 is 0 Å². The van der Waals surface area contributed by atoms with Crippen molar-refractivity contribution in [3.05, 3.63) is 59.2 Å². The van der Waals surface area contributed by atoms with Crippen molar-refractivity contribution in [2.75, 3.05) is 27.3 Å². The highest BCUT2D eigenvalue weighted by atomic mass is 16.5. The topological polar surface area (TPSA) is 220 Å². The van der Waals surface area contributed by atoms with E-state index in [1.54, 1.807) is 14.2 Å². The summed E-state index contributed by atoms with van der Waals surface area (Å²) in [6.07, 6.45) is 11.8. The molecule has 0 heterocycles. The van der Waals surface area contributed by atoms with Crippen LogP contribution in [-0.2, 0) is 27.2 Å². The van der Waals surface area contributed by atoms with Gasteiger partial charge in [-0.15, -0.1) is 0 Å². The first kappa shape index (κ1) is 41.0. The minimum Gasteiger partial charge on any atom is -0.493 e. The number of methoxy groups -OCH3 is 2. The molecule has 0 aliphatic heterocycles. The Morgan fingerprint density at radius 3 is 2.02 bits per heavy atom. The number of aliphatic imine (C=N–C) groups is 1. The van der Waals surface area contributed by atoms with Crippen LogP contribution in [0.5, 0.6) is 11.5 Å². The summed E-state index contributed by atoms with van der Waals surface area (Å²) in [5.41, 5.74) is 19.3. The molecule has 2 aromatic rings. The molecule has 0 aromatic heterocycles. The molecule has 2 aliphatic rings. The van der Waals surface area contributed by atoms with Gasteiger partial charge in [0, 0.05) is 24.6 Å². The third kappa shape index (κ3) is 12.7. The number of amides is 3. The van der Waals surface area contributed by atoms with Crippen LogP contribution < -0.4 is 42.6 Å². The number of nitrogen functional groups attached to an aromatic ring is 1. The van der Waals surface area contributed by atoms with Crippen molar-refractivity contribution in [1.29, 1.82) is 5.41 Å². The third-order valence-corrected chi connectivity index (χ3v) is 10.7. The molecule has 0 saturated heterocycles. The molecule has 2 aliphatic carbocycles. The first-order valence-corrected chi connectivity index (χ1v) is 19.2. The average molecular weight is 733 g/mol. The third-order valence-electron chi connectivity index (χ3n) is 10.7. The zero-order chi connectivity index (χ0) is 38.2. The number of amidine groups is 1. The summed E-state index contributed by atoms with van der Waals surface area (Å²) < 4.78 is 10.8. The lowest BCUT2D eigenvalue weighted by atomic mass is 9.76. The molecule has 13 nitrogen and oxygen atoms in total. The Balaban J connectivity index is 1.50. The van der Waals surface area contributed by atoms with Gasteiger partial charge in [0.1, 0.15) is 17.9 Å². The predicted molar refractivity (Wildman–Crippen MR) is 208 cm³/mol. The van der Waals surface area contributed by atoms with Crippen LogP contribution in [-0.4, -0.2) is 68.9 Å². The van der Waals surface area contributed by atoms with Gasteiger partial charge in [0.15, 0.2) is 17.5 Å². The molecule has 10 N–H and O–H groups in total. The van der Waals surface area contributed by atoms with Crippen LogP contribution in [0.2, 0.25) is 0 Å². The van der Waals surface area contributed by atoms with Gasteiger partial charge in [-0.3, -0.25) is 24.8 Å².